The molecule has 2 amide bonds. The van der Waals surface area contributed by atoms with Crippen LogP contribution in [0.2, 0.25) is 0 Å². The minimum atomic E-state index is -1.06. The first kappa shape index (κ1) is 21.5. The van der Waals surface area contributed by atoms with E-state index in [1.165, 1.54) is 12.8 Å². The molecule has 172 valence electrons. The summed E-state index contributed by atoms with van der Waals surface area (Å²) in [5.41, 5.74) is 0.826. The summed E-state index contributed by atoms with van der Waals surface area (Å²) in [6.45, 7) is 4.92. The molecular weight excluding hydrogens is 404 g/mol. The van der Waals surface area contributed by atoms with Gasteiger partial charge < -0.3 is 14.5 Å². The quantitative estimate of drug-likeness (QED) is 0.632. The molecule has 3 fully saturated rings. The molecule has 32 heavy (non-hydrogen) atoms. The highest BCUT2D eigenvalue weighted by molar-refractivity contribution is 6.07. The van der Waals surface area contributed by atoms with Crippen molar-refractivity contribution in [1.29, 1.82) is 0 Å². The third-order valence-corrected chi connectivity index (χ3v) is 8.15. The zero-order valence-corrected chi connectivity index (χ0v) is 19.2. The van der Waals surface area contributed by atoms with Gasteiger partial charge in [-0.05, 0) is 63.0 Å². The van der Waals surface area contributed by atoms with E-state index in [2.05, 4.69) is 0 Å². The van der Waals surface area contributed by atoms with Gasteiger partial charge in [-0.3, -0.25) is 14.4 Å². The lowest BCUT2D eigenvalue weighted by Gasteiger charge is -2.47. The number of carbonyl (C=O) groups excluding carboxylic acids is 3. The largest absolute Gasteiger partial charge is 0.466 e. The molecule has 3 atom stereocenters. The lowest BCUT2D eigenvalue weighted by molar-refractivity contribution is -0.148. The van der Waals surface area contributed by atoms with Crippen LogP contribution in [0.3, 0.4) is 0 Å². The maximum atomic E-state index is 14.1. The van der Waals surface area contributed by atoms with Crippen molar-refractivity contribution in [3.8, 4) is 0 Å². The maximum absolute atomic E-state index is 14.1. The van der Waals surface area contributed by atoms with Crippen molar-refractivity contribution in [2.24, 2.45) is 17.8 Å². The second-order valence-corrected chi connectivity index (χ2v) is 10.3. The van der Waals surface area contributed by atoms with Crippen molar-refractivity contribution < 1.29 is 19.1 Å². The third-order valence-electron chi connectivity index (χ3n) is 8.15. The number of ether oxygens (including phenoxy) is 1. The molecule has 2 saturated carbocycles. The topological polar surface area (TPSA) is 66.9 Å². The molecular formula is C26H34N2O4. The second-order valence-electron chi connectivity index (χ2n) is 10.3. The standard InChI is InChI=1S/C26H34N2O4/c1-3-32-24(30)20-16-28(22(29)14-17-8-4-5-9-17)26(2)23(20)19-10-6-7-11-21(19)27(25(26)31)15-18-12-13-18/h6-7,10-11,17-18,20,23H,3-5,8-9,12-16H2,1-2H3/t20-,23+,26-/m0/s1. The van der Waals surface area contributed by atoms with Gasteiger partial charge in [-0.15, -0.1) is 0 Å². The molecule has 4 aliphatic rings. The Labute approximate surface area is 190 Å². The van der Waals surface area contributed by atoms with Gasteiger partial charge in [0.15, 0.2) is 0 Å². The Morgan fingerprint density at radius 3 is 2.50 bits per heavy atom. The summed E-state index contributed by atoms with van der Waals surface area (Å²) in [5.74, 6) is -0.334. The van der Waals surface area contributed by atoms with Crippen molar-refractivity contribution in [1.82, 2.24) is 4.90 Å². The summed E-state index contributed by atoms with van der Waals surface area (Å²) in [6.07, 6.45) is 7.24. The normalized spacial score (nSPS) is 29.8. The van der Waals surface area contributed by atoms with Crippen LogP contribution in [0.5, 0.6) is 0 Å². The monoisotopic (exact) mass is 438 g/mol. The summed E-state index contributed by atoms with van der Waals surface area (Å²) >= 11 is 0. The molecule has 2 heterocycles. The van der Waals surface area contributed by atoms with Crippen molar-refractivity contribution >= 4 is 23.5 Å². The first-order valence-corrected chi connectivity index (χ1v) is 12.3. The predicted molar refractivity (Wildman–Crippen MR) is 121 cm³/mol. The van der Waals surface area contributed by atoms with E-state index in [0.29, 0.717) is 24.8 Å². The Morgan fingerprint density at radius 2 is 1.81 bits per heavy atom. The molecule has 0 aromatic heterocycles. The Balaban J connectivity index is 1.56. The van der Waals surface area contributed by atoms with Crippen LogP contribution in [0.4, 0.5) is 5.69 Å². The summed E-state index contributed by atoms with van der Waals surface area (Å²) in [7, 11) is 0. The van der Waals surface area contributed by atoms with Crippen molar-refractivity contribution in [2.45, 2.75) is 70.3 Å². The number of benzene rings is 1. The lowest BCUT2D eigenvalue weighted by Crippen LogP contribution is -2.62. The Kier molecular flexibility index (Phi) is 5.50. The molecule has 2 aliphatic carbocycles. The van der Waals surface area contributed by atoms with Crippen LogP contribution in [-0.4, -0.2) is 47.9 Å². The molecule has 0 radical (unpaired) electrons. The van der Waals surface area contributed by atoms with Crippen LogP contribution >= 0.6 is 0 Å². The molecule has 5 rings (SSSR count). The minimum absolute atomic E-state index is 0.00954. The van der Waals surface area contributed by atoms with Gasteiger partial charge in [0.1, 0.15) is 5.54 Å². The number of carbonyl (C=O) groups is 3. The number of hydrogen-bond acceptors (Lipinski definition) is 4. The van der Waals surface area contributed by atoms with Crippen LogP contribution in [0.1, 0.15) is 70.3 Å². The van der Waals surface area contributed by atoms with Gasteiger partial charge >= 0.3 is 5.97 Å². The van der Waals surface area contributed by atoms with Gasteiger partial charge in [0, 0.05) is 31.1 Å². The van der Waals surface area contributed by atoms with Gasteiger partial charge in [-0.25, -0.2) is 0 Å². The highest BCUT2D eigenvalue weighted by Crippen LogP contribution is 2.54. The smallest absolute Gasteiger partial charge is 0.311 e. The number of esters is 1. The van der Waals surface area contributed by atoms with E-state index >= 15 is 0 Å². The zero-order valence-electron chi connectivity index (χ0n) is 19.2. The number of nitrogens with zero attached hydrogens (tertiary/aromatic N) is 2. The van der Waals surface area contributed by atoms with Crippen molar-refractivity contribution in [2.75, 3.05) is 24.6 Å². The Hall–Kier alpha value is -2.37. The lowest BCUT2D eigenvalue weighted by atomic mass is 9.72. The van der Waals surface area contributed by atoms with E-state index in [0.717, 1.165) is 36.9 Å². The molecule has 6 nitrogen and oxygen atoms in total. The van der Waals surface area contributed by atoms with Gasteiger partial charge in [0.05, 0.1) is 12.5 Å². The number of para-hydroxylation sites is 1. The fourth-order valence-electron chi connectivity index (χ4n) is 6.33. The van der Waals surface area contributed by atoms with E-state index in [1.807, 2.05) is 36.1 Å². The van der Waals surface area contributed by atoms with Crippen LogP contribution in [-0.2, 0) is 19.1 Å². The molecule has 2 aliphatic heterocycles. The summed E-state index contributed by atoms with van der Waals surface area (Å²) in [5, 5.41) is 0. The summed E-state index contributed by atoms with van der Waals surface area (Å²) < 4.78 is 5.43. The number of hydrogen-bond donors (Lipinski definition) is 0. The van der Waals surface area contributed by atoms with E-state index in [9.17, 15) is 14.4 Å². The number of amides is 2. The predicted octanol–water partition coefficient (Wildman–Crippen LogP) is 3.89. The van der Waals surface area contributed by atoms with Gasteiger partial charge in [-0.2, -0.15) is 0 Å². The summed E-state index contributed by atoms with van der Waals surface area (Å²) in [4.78, 5) is 44.4. The van der Waals surface area contributed by atoms with Crippen LogP contribution in [0.15, 0.2) is 24.3 Å². The van der Waals surface area contributed by atoms with Crippen molar-refractivity contribution in [3.05, 3.63) is 29.8 Å². The molecule has 6 heteroatoms. The van der Waals surface area contributed by atoms with E-state index in [1.54, 1.807) is 11.8 Å². The average Bonchev–Trinajstić information content (AvgIpc) is 3.34. The Bertz CT molecular complexity index is 920. The second kappa shape index (κ2) is 8.20. The highest BCUT2D eigenvalue weighted by atomic mass is 16.5. The molecule has 0 unspecified atom stereocenters. The number of rotatable bonds is 6. The van der Waals surface area contributed by atoms with Crippen molar-refractivity contribution in [3.63, 3.8) is 0 Å². The van der Waals surface area contributed by atoms with Crippen LogP contribution < -0.4 is 4.90 Å². The van der Waals surface area contributed by atoms with Gasteiger partial charge in [0.2, 0.25) is 5.91 Å². The van der Waals surface area contributed by atoms with E-state index in [4.69, 9.17) is 4.74 Å². The minimum Gasteiger partial charge on any atom is -0.466 e. The number of fused-ring (bicyclic) bond motifs is 3. The SMILES string of the molecule is CCOC(=O)[C@H]1CN(C(=O)CC2CCCC2)[C@]2(C)C(=O)N(CC3CC3)c3ccccc3[C@H]12. The fraction of sp³-hybridized carbons (Fsp3) is 0.654. The van der Waals surface area contributed by atoms with Crippen LogP contribution in [0.25, 0.3) is 0 Å². The molecule has 1 aromatic carbocycles. The van der Waals surface area contributed by atoms with E-state index < -0.39 is 11.5 Å². The first-order valence-electron chi connectivity index (χ1n) is 12.3. The van der Waals surface area contributed by atoms with E-state index in [-0.39, 0.29) is 36.9 Å². The molecule has 1 aromatic rings. The molecule has 1 saturated heterocycles. The molecule has 0 spiro atoms. The third kappa shape index (κ3) is 3.43. The maximum Gasteiger partial charge on any atom is 0.311 e. The molecule has 0 N–H and O–H groups in total. The molecule has 0 bridgehead atoms. The summed E-state index contributed by atoms with van der Waals surface area (Å²) in [6, 6.07) is 7.93. The fourth-order valence-corrected chi connectivity index (χ4v) is 6.33. The van der Waals surface area contributed by atoms with Crippen LogP contribution in [0, 0.1) is 17.8 Å². The van der Waals surface area contributed by atoms with Gasteiger partial charge in [-0.1, -0.05) is 31.0 Å². The zero-order chi connectivity index (χ0) is 22.5. The number of anilines is 1. The number of likely N-dealkylation sites (tertiary alicyclic amines) is 1. The van der Waals surface area contributed by atoms with Gasteiger partial charge in [0.25, 0.3) is 5.91 Å². The highest BCUT2D eigenvalue weighted by Gasteiger charge is 2.64. The average molecular weight is 439 g/mol. The Morgan fingerprint density at radius 1 is 1.09 bits per heavy atom. The first-order chi connectivity index (χ1) is 15.4.